The second kappa shape index (κ2) is 6.27. The van der Waals surface area contributed by atoms with Gasteiger partial charge >= 0.3 is 0 Å². The van der Waals surface area contributed by atoms with Crippen LogP contribution in [0.15, 0.2) is 18.2 Å². The molecule has 0 unspecified atom stereocenters. The molecule has 0 heterocycles. The minimum atomic E-state index is -0.0252. The molecule has 0 bridgehead atoms. The molecule has 1 fully saturated rings. The van der Waals surface area contributed by atoms with E-state index in [0.29, 0.717) is 11.1 Å². The van der Waals surface area contributed by atoms with E-state index in [1.54, 1.807) is 6.07 Å². The fraction of sp³-hybridized carbons (Fsp3) is 0.571. The van der Waals surface area contributed by atoms with Crippen LogP contribution in [-0.4, -0.2) is 11.2 Å². The van der Waals surface area contributed by atoms with Gasteiger partial charge in [0.1, 0.15) is 5.75 Å². The number of rotatable bonds is 3. The zero-order valence-electron chi connectivity index (χ0n) is 9.99. The summed E-state index contributed by atoms with van der Waals surface area (Å²) in [5.41, 5.74) is 0.779. The third-order valence-electron chi connectivity index (χ3n) is 3.29. The van der Waals surface area contributed by atoms with Crippen LogP contribution in [0.25, 0.3) is 0 Å². The van der Waals surface area contributed by atoms with Crippen LogP contribution in [0, 0.1) is 0 Å². The van der Waals surface area contributed by atoms with E-state index in [1.807, 2.05) is 12.1 Å². The Hall–Kier alpha value is -0.730. The topological polar surface area (TPSA) is 29.5 Å². The van der Waals surface area contributed by atoms with Gasteiger partial charge in [0.05, 0.1) is 12.7 Å². The van der Waals surface area contributed by atoms with Gasteiger partial charge in [-0.25, -0.2) is 0 Å². The maximum Gasteiger partial charge on any atom is 0.125 e. The van der Waals surface area contributed by atoms with E-state index in [1.165, 1.54) is 25.7 Å². The van der Waals surface area contributed by atoms with Crippen molar-refractivity contribution >= 4 is 11.6 Å². The van der Waals surface area contributed by atoms with E-state index >= 15 is 0 Å². The second-order valence-electron chi connectivity index (χ2n) is 4.64. The summed E-state index contributed by atoms with van der Waals surface area (Å²) in [6.45, 7) is -0.0252. The molecule has 1 aliphatic rings. The van der Waals surface area contributed by atoms with Crippen molar-refractivity contribution in [1.82, 2.24) is 0 Å². The summed E-state index contributed by atoms with van der Waals surface area (Å²) in [5.74, 6) is 0.781. The zero-order valence-corrected chi connectivity index (χ0v) is 10.7. The number of benzene rings is 1. The number of aliphatic hydroxyl groups is 1. The fourth-order valence-electron chi connectivity index (χ4n) is 2.33. The second-order valence-corrected chi connectivity index (χ2v) is 5.08. The van der Waals surface area contributed by atoms with Gasteiger partial charge in [0.25, 0.3) is 0 Å². The van der Waals surface area contributed by atoms with Gasteiger partial charge < -0.3 is 9.84 Å². The molecule has 3 heteroatoms. The van der Waals surface area contributed by atoms with Gasteiger partial charge in [0, 0.05) is 10.6 Å². The molecule has 0 amide bonds. The van der Waals surface area contributed by atoms with Crippen molar-refractivity contribution in [2.24, 2.45) is 0 Å². The van der Waals surface area contributed by atoms with Crippen LogP contribution in [-0.2, 0) is 6.61 Å². The first-order chi connectivity index (χ1) is 8.29. The van der Waals surface area contributed by atoms with Crippen molar-refractivity contribution in [2.75, 3.05) is 0 Å². The highest BCUT2D eigenvalue weighted by Gasteiger charge is 2.15. The van der Waals surface area contributed by atoms with Crippen molar-refractivity contribution < 1.29 is 9.84 Å². The lowest BCUT2D eigenvalue weighted by Crippen LogP contribution is -2.16. The van der Waals surface area contributed by atoms with Crippen molar-refractivity contribution in [3.63, 3.8) is 0 Å². The van der Waals surface area contributed by atoms with Crippen molar-refractivity contribution in [3.05, 3.63) is 28.8 Å². The molecule has 1 aliphatic carbocycles. The van der Waals surface area contributed by atoms with E-state index in [0.717, 1.165) is 24.2 Å². The first-order valence-electron chi connectivity index (χ1n) is 6.35. The van der Waals surface area contributed by atoms with Crippen LogP contribution in [0.5, 0.6) is 5.75 Å². The van der Waals surface area contributed by atoms with E-state index < -0.39 is 0 Å². The Morgan fingerprint density at radius 2 is 1.88 bits per heavy atom. The summed E-state index contributed by atoms with van der Waals surface area (Å²) in [7, 11) is 0. The molecule has 1 aromatic rings. The molecule has 0 aliphatic heterocycles. The van der Waals surface area contributed by atoms with Crippen LogP contribution < -0.4 is 4.74 Å². The standard InChI is InChI=1S/C14H19ClO2/c15-12-7-8-14(11(9-12)10-16)17-13-5-3-1-2-4-6-13/h7-9,13,16H,1-6,10H2. The highest BCUT2D eigenvalue weighted by Crippen LogP contribution is 2.27. The quantitative estimate of drug-likeness (QED) is 0.828. The summed E-state index contributed by atoms with van der Waals surface area (Å²) in [4.78, 5) is 0. The lowest BCUT2D eigenvalue weighted by molar-refractivity contribution is 0.176. The van der Waals surface area contributed by atoms with Crippen LogP contribution in [0.3, 0.4) is 0 Å². The smallest absolute Gasteiger partial charge is 0.125 e. The Kier molecular flexibility index (Phi) is 4.69. The molecule has 17 heavy (non-hydrogen) atoms. The van der Waals surface area contributed by atoms with Crippen LogP contribution in [0.1, 0.15) is 44.1 Å². The van der Waals surface area contributed by atoms with Crippen LogP contribution >= 0.6 is 11.6 Å². The number of halogens is 1. The molecule has 1 aromatic carbocycles. The lowest BCUT2D eigenvalue weighted by atomic mass is 10.1. The van der Waals surface area contributed by atoms with E-state index in [4.69, 9.17) is 16.3 Å². The molecule has 94 valence electrons. The molecule has 0 atom stereocenters. The largest absolute Gasteiger partial charge is 0.490 e. The maximum atomic E-state index is 9.29. The van der Waals surface area contributed by atoms with Gasteiger partial charge in [-0.1, -0.05) is 24.4 Å². The van der Waals surface area contributed by atoms with Crippen LogP contribution in [0.2, 0.25) is 5.02 Å². The lowest BCUT2D eigenvalue weighted by Gasteiger charge is -2.19. The third-order valence-corrected chi connectivity index (χ3v) is 3.52. The summed E-state index contributed by atoms with van der Waals surface area (Å²) in [6.07, 6.45) is 7.64. The summed E-state index contributed by atoms with van der Waals surface area (Å²) in [6, 6.07) is 5.44. The van der Waals surface area contributed by atoms with Gasteiger partial charge in [-0.15, -0.1) is 0 Å². The Labute approximate surface area is 108 Å². The molecule has 0 saturated heterocycles. The normalized spacial score (nSPS) is 17.8. The number of ether oxygens (including phenoxy) is 1. The SMILES string of the molecule is OCc1cc(Cl)ccc1OC1CCCCCC1. The average Bonchev–Trinajstić information content (AvgIpc) is 2.60. The molecule has 2 nitrogen and oxygen atoms in total. The van der Waals surface area contributed by atoms with E-state index in [-0.39, 0.29) is 6.61 Å². The first-order valence-corrected chi connectivity index (χ1v) is 6.73. The molecular weight excluding hydrogens is 236 g/mol. The summed E-state index contributed by atoms with van der Waals surface area (Å²) in [5, 5.41) is 9.93. The predicted octanol–water partition coefficient (Wildman–Crippen LogP) is 3.93. The number of hydrogen-bond donors (Lipinski definition) is 1. The first kappa shape index (κ1) is 12.7. The molecule has 0 aromatic heterocycles. The highest BCUT2D eigenvalue weighted by molar-refractivity contribution is 6.30. The van der Waals surface area contributed by atoms with Crippen LogP contribution in [0.4, 0.5) is 0 Å². The Morgan fingerprint density at radius 3 is 2.53 bits per heavy atom. The molecular formula is C14H19ClO2. The van der Waals surface area contributed by atoms with Gasteiger partial charge in [-0.2, -0.15) is 0 Å². The van der Waals surface area contributed by atoms with Gasteiger partial charge in [-0.3, -0.25) is 0 Å². The minimum Gasteiger partial charge on any atom is -0.490 e. The Balaban J connectivity index is 2.06. The van der Waals surface area contributed by atoms with E-state index in [9.17, 15) is 5.11 Å². The van der Waals surface area contributed by atoms with Gasteiger partial charge in [0.15, 0.2) is 0 Å². The number of aliphatic hydroxyl groups excluding tert-OH is 1. The van der Waals surface area contributed by atoms with E-state index in [2.05, 4.69) is 0 Å². The minimum absolute atomic E-state index is 0.0252. The highest BCUT2D eigenvalue weighted by atomic mass is 35.5. The van der Waals surface area contributed by atoms with Crippen molar-refractivity contribution in [2.45, 2.75) is 51.2 Å². The summed E-state index contributed by atoms with van der Waals surface area (Å²) < 4.78 is 5.99. The molecule has 1 N–H and O–H groups in total. The molecule has 0 radical (unpaired) electrons. The molecule has 2 rings (SSSR count). The Bertz CT molecular complexity index is 357. The average molecular weight is 255 g/mol. The van der Waals surface area contributed by atoms with Gasteiger partial charge in [0.2, 0.25) is 0 Å². The summed E-state index contributed by atoms with van der Waals surface area (Å²) >= 11 is 5.90. The Morgan fingerprint density at radius 1 is 1.18 bits per heavy atom. The zero-order chi connectivity index (χ0) is 12.1. The predicted molar refractivity (Wildman–Crippen MR) is 69.5 cm³/mol. The monoisotopic (exact) mass is 254 g/mol. The fourth-order valence-corrected chi connectivity index (χ4v) is 2.52. The maximum absolute atomic E-state index is 9.29. The molecule has 0 spiro atoms. The van der Waals surface area contributed by atoms with Crippen molar-refractivity contribution in [1.29, 1.82) is 0 Å². The number of hydrogen-bond acceptors (Lipinski definition) is 2. The third kappa shape index (κ3) is 3.62. The molecule has 1 saturated carbocycles. The van der Waals surface area contributed by atoms with Crippen molar-refractivity contribution in [3.8, 4) is 5.75 Å². The van der Waals surface area contributed by atoms with Gasteiger partial charge in [-0.05, 0) is 43.9 Å².